The maximum absolute atomic E-state index is 2.75. The van der Waals surface area contributed by atoms with Crippen molar-refractivity contribution in [3.8, 4) is 11.1 Å². The molecule has 0 aromatic heterocycles. The Labute approximate surface area is 388 Å². The number of aryl methyl sites for hydroxylation is 1. The predicted molar refractivity (Wildman–Crippen MR) is 284 cm³/mol. The molecular weight excluding hydrogens is 800 g/mol. The molecule has 0 aliphatic carbocycles. The van der Waals surface area contributed by atoms with Gasteiger partial charge in [-0.2, -0.15) is 0 Å². The first-order valence-corrected chi connectivity index (χ1v) is 25.5. The third-order valence-corrected chi connectivity index (χ3v) is 19.5. The molecular formula is C61H59BN2Si. The standard InChI is InChI=1S/C61H59BN2Si/c1-40-35-54-58-55(36-40)64(45-31-32-49-48-23-17-18-24-56(48)65(57(49)39-45,46-19-13-11-14-20-46)47-21-15-12-16-22-47)53-34-28-43(61(8,9)10)38-51(53)62(58)50-37-42(60(5,6)7)27-33-52(50)63(54)44-29-25-41(26-30-44)59(2,3)4/h11-39H,1-10H3. The van der Waals surface area contributed by atoms with Crippen LogP contribution in [0.2, 0.25) is 0 Å². The molecule has 3 aliphatic rings. The van der Waals surface area contributed by atoms with Crippen molar-refractivity contribution in [2.24, 2.45) is 0 Å². The zero-order valence-corrected chi connectivity index (χ0v) is 40.7. The molecule has 0 unspecified atom stereocenters. The maximum atomic E-state index is 2.63. The molecule has 3 heterocycles. The van der Waals surface area contributed by atoms with Gasteiger partial charge in [-0.3, -0.25) is 0 Å². The minimum Gasteiger partial charge on any atom is -0.311 e. The molecule has 4 heteroatoms. The van der Waals surface area contributed by atoms with E-state index in [0.29, 0.717) is 0 Å². The molecule has 320 valence electrons. The zero-order valence-electron chi connectivity index (χ0n) is 39.7. The predicted octanol–water partition coefficient (Wildman–Crippen LogP) is 11.3. The fraction of sp³-hybridized carbons (Fsp3) is 0.213. The van der Waals surface area contributed by atoms with Crippen molar-refractivity contribution < 1.29 is 0 Å². The molecule has 8 aromatic carbocycles. The first-order valence-electron chi connectivity index (χ1n) is 23.5. The van der Waals surface area contributed by atoms with Crippen LogP contribution in [0, 0.1) is 6.92 Å². The van der Waals surface area contributed by atoms with Crippen LogP contribution in [0.1, 0.15) is 84.6 Å². The average molecular weight is 859 g/mol. The topological polar surface area (TPSA) is 6.48 Å². The van der Waals surface area contributed by atoms with Crippen LogP contribution in [0.3, 0.4) is 0 Å². The van der Waals surface area contributed by atoms with Gasteiger partial charge in [-0.25, -0.2) is 0 Å². The van der Waals surface area contributed by atoms with E-state index in [1.54, 1.807) is 0 Å². The second-order valence-corrected chi connectivity index (χ2v) is 25.7. The molecule has 65 heavy (non-hydrogen) atoms. The van der Waals surface area contributed by atoms with E-state index in [4.69, 9.17) is 0 Å². The Hall–Kier alpha value is -6.36. The number of rotatable bonds is 4. The van der Waals surface area contributed by atoms with Gasteiger partial charge in [0.15, 0.2) is 8.07 Å². The number of hydrogen-bond acceptors (Lipinski definition) is 2. The Morgan fingerprint density at radius 2 is 0.831 bits per heavy atom. The number of fused-ring (bicyclic) bond motifs is 7. The lowest BCUT2D eigenvalue weighted by Gasteiger charge is -2.45. The first-order chi connectivity index (χ1) is 31.0. The summed E-state index contributed by atoms with van der Waals surface area (Å²) >= 11 is 0. The normalized spacial score (nSPS) is 14.6. The molecule has 0 fully saturated rings. The van der Waals surface area contributed by atoms with Gasteiger partial charge in [0.05, 0.1) is 0 Å². The number of anilines is 6. The van der Waals surface area contributed by atoms with Gasteiger partial charge in [-0.15, -0.1) is 0 Å². The average Bonchev–Trinajstić information content (AvgIpc) is 3.58. The summed E-state index contributed by atoms with van der Waals surface area (Å²) in [7, 11) is -2.75. The quantitative estimate of drug-likeness (QED) is 0.163. The van der Waals surface area contributed by atoms with Gasteiger partial charge in [0, 0.05) is 34.1 Å². The van der Waals surface area contributed by atoms with E-state index < -0.39 is 8.07 Å². The van der Waals surface area contributed by atoms with Crippen LogP contribution < -0.4 is 46.9 Å². The molecule has 0 spiro atoms. The third kappa shape index (κ3) is 6.35. The minimum atomic E-state index is -2.75. The van der Waals surface area contributed by atoms with E-state index in [1.807, 2.05) is 0 Å². The van der Waals surface area contributed by atoms with E-state index in [2.05, 4.69) is 255 Å². The molecule has 2 nitrogen and oxygen atoms in total. The smallest absolute Gasteiger partial charge is 0.252 e. The van der Waals surface area contributed by atoms with Gasteiger partial charge in [-0.1, -0.05) is 190 Å². The lowest BCUT2D eigenvalue weighted by Crippen LogP contribution is -2.72. The third-order valence-electron chi connectivity index (χ3n) is 14.6. The molecule has 0 saturated carbocycles. The van der Waals surface area contributed by atoms with Crippen LogP contribution in [-0.4, -0.2) is 14.8 Å². The number of hydrogen-bond donors (Lipinski definition) is 0. The molecule has 3 aliphatic heterocycles. The Kier molecular flexibility index (Phi) is 9.27. The van der Waals surface area contributed by atoms with Crippen LogP contribution in [0.4, 0.5) is 34.1 Å². The van der Waals surface area contributed by atoms with Crippen LogP contribution in [0.5, 0.6) is 0 Å². The van der Waals surface area contributed by atoms with Gasteiger partial charge in [0.1, 0.15) is 0 Å². The van der Waals surface area contributed by atoms with E-state index in [-0.39, 0.29) is 23.0 Å². The van der Waals surface area contributed by atoms with Crippen LogP contribution in [-0.2, 0) is 16.2 Å². The van der Waals surface area contributed by atoms with Crippen molar-refractivity contribution in [1.29, 1.82) is 0 Å². The fourth-order valence-corrected chi connectivity index (χ4v) is 16.5. The number of nitrogens with zero attached hydrogens (tertiary/aromatic N) is 2. The van der Waals surface area contributed by atoms with Crippen LogP contribution in [0.15, 0.2) is 176 Å². The molecule has 0 bridgehead atoms. The summed E-state index contributed by atoms with van der Waals surface area (Å²) in [6.45, 7) is 23.3. The molecule has 0 radical (unpaired) electrons. The van der Waals surface area contributed by atoms with E-state index >= 15 is 0 Å². The highest BCUT2D eigenvalue weighted by Crippen LogP contribution is 2.46. The summed E-state index contributed by atoms with van der Waals surface area (Å²) in [5, 5.41) is 5.74. The van der Waals surface area contributed by atoms with Gasteiger partial charge in [0.2, 0.25) is 0 Å². The number of benzene rings is 8. The maximum Gasteiger partial charge on any atom is 0.252 e. The summed E-state index contributed by atoms with van der Waals surface area (Å²) < 4.78 is 0. The molecule has 0 atom stereocenters. The van der Waals surface area contributed by atoms with Crippen molar-refractivity contribution in [2.75, 3.05) is 9.80 Å². The van der Waals surface area contributed by atoms with E-state index in [9.17, 15) is 0 Å². The Morgan fingerprint density at radius 1 is 0.385 bits per heavy atom. The fourth-order valence-electron chi connectivity index (χ4n) is 11.3. The monoisotopic (exact) mass is 858 g/mol. The summed E-state index contributed by atoms with van der Waals surface area (Å²) in [5.41, 5.74) is 19.5. The van der Waals surface area contributed by atoms with Gasteiger partial charge < -0.3 is 9.80 Å². The highest BCUT2D eigenvalue weighted by molar-refractivity contribution is 7.22. The Morgan fingerprint density at radius 3 is 1.35 bits per heavy atom. The van der Waals surface area contributed by atoms with Gasteiger partial charge in [-0.05, 0) is 142 Å². The lowest BCUT2D eigenvalue weighted by molar-refractivity contribution is 0.590. The summed E-state index contributed by atoms with van der Waals surface area (Å²) in [4.78, 5) is 5.19. The zero-order chi connectivity index (χ0) is 45.2. The second-order valence-electron chi connectivity index (χ2n) is 21.9. The van der Waals surface area contributed by atoms with Gasteiger partial charge >= 0.3 is 0 Å². The van der Waals surface area contributed by atoms with E-state index in [0.717, 1.165) is 0 Å². The molecule has 0 N–H and O–H groups in total. The highest BCUT2D eigenvalue weighted by atomic mass is 28.3. The minimum absolute atomic E-state index is 0.0166. The highest BCUT2D eigenvalue weighted by Gasteiger charge is 2.50. The lowest BCUT2D eigenvalue weighted by atomic mass is 9.33. The molecule has 0 saturated heterocycles. The Bertz CT molecular complexity index is 3130. The van der Waals surface area contributed by atoms with Crippen LogP contribution >= 0.6 is 0 Å². The largest absolute Gasteiger partial charge is 0.311 e. The molecule has 11 rings (SSSR count). The van der Waals surface area contributed by atoms with Crippen molar-refractivity contribution in [3.63, 3.8) is 0 Å². The van der Waals surface area contributed by atoms with Crippen molar-refractivity contribution in [3.05, 3.63) is 198 Å². The van der Waals surface area contributed by atoms with Crippen molar-refractivity contribution >= 4 is 86.0 Å². The molecule has 0 amide bonds. The Balaban J connectivity index is 1.22. The summed E-state index contributed by atoms with van der Waals surface area (Å²) in [6.07, 6.45) is 0. The van der Waals surface area contributed by atoms with Crippen molar-refractivity contribution in [2.45, 2.75) is 85.5 Å². The summed E-state index contributed by atoms with van der Waals surface area (Å²) in [5.74, 6) is 0. The summed E-state index contributed by atoms with van der Waals surface area (Å²) in [6, 6.07) is 68.4. The van der Waals surface area contributed by atoms with Crippen LogP contribution in [0.25, 0.3) is 11.1 Å². The van der Waals surface area contributed by atoms with E-state index in [1.165, 1.54) is 105 Å². The van der Waals surface area contributed by atoms with Gasteiger partial charge in [0.25, 0.3) is 6.71 Å². The van der Waals surface area contributed by atoms with Crippen molar-refractivity contribution in [1.82, 2.24) is 0 Å². The second kappa shape index (κ2) is 14.6. The SMILES string of the molecule is Cc1cc2c3c(c1)N(c1ccc4c(c1)[Si](c1ccccc1)(c1ccccc1)c1ccccc1-4)c1ccc(C(C)(C)C)cc1B3c1cc(C(C)(C)C)ccc1N2c1ccc(C(C)(C)C)cc1. The molecule has 8 aromatic rings. The first kappa shape index (κ1) is 41.4.